The van der Waals surface area contributed by atoms with E-state index in [9.17, 15) is 4.79 Å². The summed E-state index contributed by atoms with van der Waals surface area (Å²) >= 11 is 6.88. The van der Waals surface area contributed by atoms with Crippen LogP contribution in [0.15, 0.2) is 41.3 Å². The molecule has 0 aliphatic carbocycles. The lowest BCUT2D eigenvalue weighted by Crippen LogP contribution is -2.29. The molecule has 1 fully saturated rings. The Kier molecular flexibility index (Phi) is 9.39. The Morgan fingerprint density at radius 3 is 2.39 bits per heavy atom. The molecule has 4 nitrogen and oxygen atoms in total. The molecule has 1 heterocycles. The summed E-state index contributed by atoms with van der Waals surface area (Å²) in [5.41, 5.74) is 3.81. The van der Waals surface area contributed by atoms with Gasteiger partial charge in [-0.15, -0.1) is 0 Å². The van der Waals surface area contributed by atoms with Crippen LogP contribution < -0.4 is 14.4 Å². The van der Waals surface area contributed by atoms with Crippen LogP contribution in [0, 0.1) is 13.8 Å². The number of methoxy groups -OCH3 is 1. The first-order valence-corrected chi connectivity index (χ1v) is 12.8. The van der Waals surface area contributed by atoms with E-state index in [0.29, 0.717) is 21.6 Å². The highest BCUT2D eigenvalue weighted by Crippen LogP contribution is 2.39. The molecule has 3 rings (SSSR count). The van der Waals surface area contributed by atoms with Gasteiger partial charge >= 0.3 is 0 Å². The lowest BCUT2D eigenvalue weighted by Gasteiger charge is -2.19. The molecule has 0 unspecified atom stereocenters. The Morgan fingerprint density at radius 2 is 1.70 bits per heavy atom. The van der Waals surface area contributed by atoms with Crippen LogP contribution in [0.4, 0.5) is 5.69 Å². The third kappa shape index (κ3) is 6.39. The lowest BCUT2D eigenvalue weighted by molar-refractivity contribution is -0.113. The zero-order valence-electron chi connectivity index (χ0n) is 20.0. The van der Waals surface area contributed by atoms with E-state index in [1.807, 2.05) is 56.3 Å². The van der Waals surface area contributed by atoms with Gasteiger partial charge in [0.15, 0.2) is 15.8 Å². The number of aryl methyl sites for hydroxylation is 2. The number of para-hydroxylation sites is 1. The molecule has 1 amide bonds. The molecular formula is C27H33NO3S2. The largest absolute Gasteiger partial charge is 0.493 e. The van der Waals surface area contributed by atoms with Crippen molar-refractivity contribution in [2.24, 2.45) is 0 Å². The van der Waals surface area contributed by atoms with E-state index in [-0.39, 0.29) is 5.91 Å². The number of anilines is 1. The van der Waals surface area contributed by atoms with Crippen LogP contribution in [-0.4, -0.2) is 23.9 Å². The van der Waals surface area contributed by atoms with Gasteiger partial charge in [0.25, 0.3) is 5.91 Å². The Bertz CT molecular complexity index is 1010. The zero-order valence-corrected chi connectivity index (χ0v) is 21.6. The van der Waals surface area contributed by atoms with E-state index in [2.05, 4.69) is 6.92 Å². The van der Waals surface area contributed by atoms with Gasteiger partial charge in [-0.2, -0.15) is 0 Å². The summed E-state index contributed by atoms with van der Waals surface area (Å²) in [5, 5.41) is 0. The Labute approximate surface area is 207 Å². The van der Waals surface area contributed by atoms with Crippen molar-refractivity contribution in [1.82, 2.24) is 0 Å². The number of amides is 1. The van der Waals surface area contributed by atoms with Crippen molar-refractivity contribution < 1.29 is 14.3 Å². The molecule has 1 aliphatic heterocycles. The van der Waals surface area contributed by atoms with Crippen molar-refractivity contribution in [3.63, 3.8) is 0 Å². The summed E-state index contributed by atoms with van der Waals surface area (Å²) in [5.74, 6) is 1.30. The molecule has 0 atom stereocenters. The lowest BCUT2D eigenvalue weighted by atomic mass is 10.1. The number of carbonyl (C=O) groups excluding carboxylic acids is 1. The third-order valence-corrected chi connectivity index (χ3v) is 7.00. The van der Waals surface area contributed by atoms with Crippen molar-refractivity contribution in [2.45, 2.75) is 59.3 Å². The predicted octanol–water partition coefficient (Wildman–Crippen LogP) is 7.46. The highest BCUT2D eigenvalue weighted by Gasteiger charge is 2.34. The standard InChI is InChI=1S/C27H33NO3S2/c1-5-6-7-8-9-10-16-31-22-15-14-21(17-23(22)30-4)18-24-26(29)28(27(32)33-24)25-19(2)12-11-13-20(25)3/h11-15,17-18H,5-10,16H2,1-4H3/b24-18-. The molecule has 176 valence electrons. The fourth-order valence-electron chi connectivity index (χ4n) is 3.93. The second-order valence-corrected chi connectivity index (χ2v) is 9.96. The topological polar surface area (TPSA) is 38.8 Å². The molecular weight excluding hydrogens is 450 g/mol. The summed E-state index contributed by atoms with van der Waals surface area (Å²) in [7, 11) is 1.64. The average Bonchev–Trinajstić information content (AvgIpc) is 3.06. The maximum atomic E-state index is 13.2. The molecule has 0 bridgehead atoms. The van der Waals surface area contributed by atoms with E-state index in [4.69, 9.17) is 21.7 Å². The highest BCUT2D eigenvalue weighted by atomic mass is 32.2. The molecule has 0 saturated carbocycles. The first-order chi connectivity index (χ1) is 16.0. The minimum Gasteiger partial charge on any atom is -0.493 e. The fourth-order valence-corrected chi connectivity index (χ4v) is 5.20. The van der Waals surface area contributed by atoms with Gasteiger partial charge in [-0.1, -0.05) is 87.3 Å². The summed E-state index contributed by atoms with van der Waals surface area (Å²) < 4.78 is 12.1. The number of thiocarbonyl (C=S) groups is 1. The van der Waals surface area contributed by atoms with Gasteiger partial charge in [0.2, 0.25) is 0 Å². The molecule has 33 heavy (non-hydrogen) atoms. The van der Waals surface area contributed by atoms with Crippen molar-refractivity contribution in [3.05, 3.63) is 58.0 Å². The van der Waals surface area contributed by atoms with Gasteiger partial charge in [0, 0.05) is 0 Å². The van der Waals surface area contributed by atoms with Gasteiger partial charge < -0.3 is 9.47 Å². The number of unbranched alkanes of at least 4 members (excludes halogenated alkanes) is 5. The maximum absolute atomic E-state index is 13.2. The summed E-state index contributed by atoms with van der Waals surface area (Å²) in [6, 6.07) is 11.8. The van der Waals surface area contributed by atoms with Gasteiger partial charge in [-0.3, -0.25) is 9.69 Å². The molecule has 0 spiro atoms. The minimum absolute atomic E-state index is 0.0928. The number of hydrogen-bond acceptors (Lipinski definition) is 5. The summed E-state index contributed by atoms with van der Waals surface area (Å²) in [6.07, 6.45) is 9.21. The van der Waals surface area contributed by atoms with Crippen LogP contribution >= 0.6 is 24.0 Å². The van der Waals surface area contributed by atoms with Crippen LogP contribution in [-0.2, 0) is 4.79 Å². The van der Waals surface area contributed by atoms with Gasteiger partial charge in [0.1, 0.15) is 0 Å². The highest BCUT2D eigenvalue weighted by molar-refractivity contribution is 8.27. The second-order valence-electron chi connectivity index (χ2n) is 8.28. The predicted molar refractivity (Wildman–Crippen MR) is 143 cm³/mol. The van der Waals surface area contributed by atoms with Crippen LogP contribution in [0.5, 0.6) is 11.5 Å². The molecule has 0 aromatic heterocycles. The van der Waals surface area contributed by atoms with Crippen molar-refractivity contribution >= 4 is 46.0 Å². The van der Waals surface area contributed by atoms with Crippen LogP contribution in [0.25, 0.3) is 6.08 Å². The molecule has 1 saturated heterocycles. The molecule has 1 aliphatic rings. The normalized spacial score (nSPS) is 14.9. The second kappa shape index (κ2) is 12.2. The molecule has 6 heteroatoms. The minimum atomic E-state index is -0.0928. The van der Waals surface area contributed by atoms with Crippen LogP contribution in [0.3, 0.4) is 0 Å². The number of thioether (sulfide) groups is 1. The maximum Gasteiger partial charge on any atom is 0.270 e. The zero-order chi connectivity index (χ0) is 23.8. The van der Waals surface area contributed by atoms with Gasteiger partial charge in [-0.05, 0) is 55.2 Å². The fraction of sp³-hybridized carbons (Fsp3) is 0.407. The summed E-state index contributed by atoms with van der Waals surface area (Å²) in [4.78, 5) is 15.5. The van der Waals surface area contributed by atoms with Crippen molar-refractivity contribution in [1.29, 1.82) is 0 Å². The van der Waals surface area contributed by atoms with E-state index in [1.54, 1.807) is 12.0 Å². The number of hydrogen-bond donors (Lipinski definition) is 0. The molecule has 0 radical (unpaired) electrons. The third-order valence-electron chi connectivity index (χ3n) is 5.70. The first kappa shape index (κ1) is 25.3. The number of rotatable bonds is 11. The number of carbonyl (C=O) groups is 1. The molecule has 2 aromatic carbocycles. The first-order valence-electron chi connectivity index (χ1n) is 11.6. The molecule has 0 N–H and O–H groups in total. The monoisotopic (exact) mass is 483 g/mol. The van der Waals surface area contributed by atoms with Crippen LogP contribution in [0.2, 0.25) is 0 Å². The Hall–Kier alpha value is -2.31. The van der Waals surface area contributed by atoms with Crippen molar-refractivity contribution in [2.75, 3.05) is 18.6 Å². The van der Waals surface area contributed by atoms with E-state index < -0.39 is 0 Å². The quantitative estimate of drug-likeness (QED) is 0.188. The van der Waals surface area contributed by atoms with Gasteiger partial charge in [0.05, 0.1) is 24.3 Å². The average molecular weight is 484 g/mol. The SMILES string of the molecule is CCCCCCCCOc1ccc(/C=C2\SC(=S)N(c3c(C)cccc3C)C2=O)cc1OC. The summed E-state index contributed by atoms with van der Waals surface area (Å²) in [6.45, 7) is 6.90. The van der Waals surface area contributed by atoms with Gasteiger partial charge in [-0.25, -0.2) is 0 Å². The van der Waals surface area contributed by atoms with E-state index in [0.717, 1.165) is 34.5 Å². The number of ether oxygens (including phenoxy) is 2. The molecule has 2 aromatic rings. The van der Waals surface area contributed by atoms with E-state index in [1.165, 1.54) is 43.9 Å². The number of nitrogens with zero attached hydrogens (tertiary/aromatic N) is 1. The Morgan fingerprint density at radius 1 is 1.00 bits per heavy atom. The van der Waals surface area contributed by atoms with Crippen molar-refractivity contribution in [3.8, 4) is 11.5 Å². The number of benzene rings is 2. The Balaban J connectivity index is 1.69. The van der Waals surface area contributed by atoms with E-state index >= 15 is 0 Å². The van der Waals surface area contributed by atoms with Crippen LogP contribution in [0.1, 0.15) is 62.1 Å². The smallest absolute Gasteiger partial charge is 0.270 e.